The molecular formula is C11H11F2N3O2. The van der Waals surface area contributed by atoms with E-state index in [0.717, 1.165) is 6.08 Å². The first-order chi connectivity index (χ1) is 8.47. The number of hydrogen-bond acceptors (Lipinski definition) is 2. The molecule has 0 aliphatic rings. The summed E-state index contributed by atoms with van der Waals surface area (Å²) in [6, 6.07) is 5.85. The van der Waals surface area contributed by atoms with Gasteiger partial charge in [0.05, 0.1) is 0 Å². The summed E-state index contributed by atoms with van der Waals surface area (Å²) >= 11 is 0. The highest BCUT2D eigenvalue weighted by Gasteiger charge is 2.03. The van der Waals surface area contributed by atoms with Crippen LogP contribution in [0.2, 0.25) is 0 Å². The van der Waals surface area contributed by atoms with Crippen LogP contribution in [0.5, 0.6) is 5.75 Å². The molecule has 0 heterocycles. The normalized spacial score (nSPS) is 10.6. The summed E-state index contributed by atoms with van der Waals surface area (Å²) in [7, 11) is 0. The van der Waals surface area contributed by atoms with Crippen molar-refractivity contribution in [2.24, 2.45) is 16.5 Å². The third kappa shape index (κ3) is 5.06. The van der Waals surface area contributed by atoms with Gasteiger partial charge in [0.25, 0.3) is 5.91 Å². The van der Waals surface area contributed by atoms with Crippen LogP contribution in [-0.4, -0.2) is 18.5 Å². The fourth-order valence-corrected chi connectivity index (χ4v) is 1.13. The van der Waals surface area contributed by atoms with Gasteiger partial charge < -0.3 is 16.2 Å². The van der Waals surface area contributed by atoms with Gasteiger partial charge in [-0.1, -0.05) is 12.1 Å². The third-order valence-electron chi connectivity index (χ3n) is 1.74. The lowest BCUT2D eigenvalue weighted by atomic mass is 10.2. The van der Waals surface area contributed by atoms with Crippen LogP contribution in [0, 0.1) is 0 Å². The first kappa shape index (κ1) is 13.6. The Morgan fingerprint density at radius 3 is 2.72 bits per heavy atom. The quantitative estimate of drug-likeness (QED) is 0.479. The van der Waals surface area contributed by atoms with Gasteiger partial charge in [-0.3, -0.25) is 4.79 Å². The molecule has 7 heteroatoms. The summed E-state index contributed by atoms with van der Waals surface area (Å²) in [4.78, 5) is 14.4. The second kappa shape index (κ2) is 6.33. The van der Waals surface area contributed by atoms with Gasteiger partial charge in [0.2, 0.25) is 0 Å². The summed E-state index contributed by atoms with van der Waals surface area (Å²) in [5, 5.41) is 0. The number of carbonyl (C=O) groups is 1. The average molecular weight is 255 g/mol. The molecule has 0 atom stereocenters. The van der Waals surface area contributed by atoms with Gasteiger partial charge in [-0.25, -0.2) is 0 Å². The van der Waals surface area contributed by atoms with E-state index >= 15 is 0 Å². The van der Waals surface area contributed by atoms with E-state index in [2.05, 4.69) is 9.73 Å². The highest BCUT2D eigenvalue weighted by Crippen LogP contribution is 2.16. The van der Waals surface area contributed by atoms with Crippen LogP contribution in [0.25, 0.3) is 6.08 Å². The molecule has 0 saturated heterocycles. The zero-order chi connectivity index (χ0) is 13.5. The van der Waals surface area contributed by atoms with Crippen LogP contribution >= 0.6 is 0 Å². The minimum atomic E-state index is -2.90. The molecule has 0 spiro atoms. The second-order valence-corrected chi connectivity index (χ2v) is 3.16. The van der Waals surface area contributed by atoms with Crippen molar-refractivity contribution in [3.63, 3.8) is 0 Å². The van der Waals surface area contributed by atoms with Crippen molar-refractivity contribution in [2.75, 3.05) is 0 Å². The highest BCUT2D eigenvalue weighted by atomic mass is 19.3. The molecule has 0 unspecified atom stereocenters. The highest BCUT2D eigenvalue weighted by molar-refractivity contribution is 5.99. The van der Waals surface area contributed by atoms with Gasteiger partial charge in [0, 0.05) is 6.08 Å². The number of benzene rings is 1. The molecule has 1 aromatic rings. The number of amides is 1. The maximum atomic E-state index is 12.0. The third-order valence-corrected chi connectivity index (χ3v) is 1.74. The van der Waals surface area contributed by atoms with Crippen LogP contribution < -0.4 is 16.2 Å². The number of rotatable bonds is 4. The fraction of sp³-hybridized carbons (Fsp3) is 0.0909. The van der Waals surface area contributed by atoms with Crippen LogP contribution in [0.3, 0.4) is 0 Å². The van der Waals surface area contributed by atoms with E-state index in [1.165, 1.54) is 24.3 Å². The Morgan fingerprint density at radius 1 is 1.39 bits per heavy atom. The molecule has 4 N–H and O–H groups in total. The molecule has 5 nitrogen and oxygen atoms in total. The van der Waals surface area contributed by atoms with E-state index < -0.39 is 12.5 Å². The number of hydrogen-bond donors (Lipinski definition) is 2. The van der Waals surface area contributed by atoms with Crippen molar-refractivity contribution >= 4 is 17.9 Å². The molecule has 1 aromatic carbocycles. The molecule has 18 heavy (non-hydrogen) atoms. The summed E-state index contributed by atoms with van der Waals surface area (Å²) in [6.45, 7) is -2.90. The van der Waals surface area contributed by atoms with Crippen LogP contribution in [0.15, 0.2) is 35.3 Å². The lowest BCUT2D eigenvalue weighted by Gasteiger charge is -2.04. The Morgan fingerprint density at radius 2 is 2.11 bits per heavy atom. The first-order valence-electron chi connectivity index (χ1n) is 4.84. The predicted octanol–water partition coefficient (Wildman–Crippen LogP) is 1.10. The molecule has 0 aliphatic carbocycles. The SMILES string of the molecule is NC(N)=NC(=O)/C=C/c1cccc(OC(F)F)c1. The second-order valence-electron chi connectivity index (χ2n) is 3.16. The summed E-state index contributed by atoms with van der Waals surface area (Å²) in [6.07, 6.45) is 2.49. The Bertz CT molecular complexity index is 483. The number of nitrogens with two attached hydrogens (primary N) is 2. The van der Waals surface area contributed by atoms with E-state index in [1.54, 1.807) is 6.07 Å². The van der Waals surface area contributed by atoms with Crippen molar-refractivity contribution in [3.8, 4) is 5.75 Å². The van der Waals surface area contributed by atoms with Gasteiger partial charge in [-0.2, -0.15) is 13.8 Å². The smallest absolute Gasteiger partial charge is 0.387 e. The van der Waals surface area contributed by atoms with Crippen molar-refractivity contribution < 1.29 is 18.3 Å². The monoisotopic (exact) mass is 255 g/mol. The van der Waals surface area contributed by atoms with Crippen molar-refractivity contribution in [2.45, 2.75) is 6.61 Å². The van der Waals surface area contributed by atoms with Crippen LogP contribution in [-0.2, 0) is 4.79 Å². The lowest BCUT2D eigenvalue weighted by molar-refractivity contribution is -0.113. The van der Waals surface area contributed by atoms with Gasteiger partial charge in [-0.05, 0) is 23.8 Å². The standard InChI is InChI=1S/C11H11F2N3O2/c12-10(13)18-8-3-1-2-7(6-8)4-5-9(17)16-11(14)15/h1-6,10H,(H4,14,15,16,17)/b5-4+. The minimum Gasteiger partial charge on any atom is -0.435 e. The van der Waals surface area contributed by atoms with E-state index in [4.69, 9.17) is 11.5 Å². The van der Waals surface area contributed by atoms with Crippen molar-refractivity contribution in [1.29, 1.82) is 0 Å². The summed E-state index contributed by atoms with van der Waals surface area (Å²) < 4.78 is 28.1. The van der Waals surface area contributed by atoms with E-state index in [0.29, 0.717) is 5.56 Å². The van der Waals surface area contributed by atoms with Gasteiger partial charge >= 0.3 is 6.61 Å². The topological polar surface area (TPSA) is 90.7 Å². The van der Waals surface area contributed by atoms with Gasteiger partial charge in [-0.15, -0.1) is 0 Å². The zero-order valence-corrected chi connectivity index (χ0v) is 9.22. The molecule has 0 saturated carbocycles. The van der Waals surface area contributed by atoms with Gasteiger partial charge in [0.1, 0.15) is 5.75 Å². The molecule has 0 aliphatic heterocycles. The number of guanidine groups is 1. The van der Waals surface area contributed by atoms with E-state index in [9.17, 15) is 13.6 Å². The van der Waals surface area contributed by atoms with Crippen molar-refractivity contribution in [3.05, 3.63) is 35.9 Å². The Kier molecular flexibility index (Phi) is 4.79. The maximum Gasteiger partial charge on any atom is 0.387 e. The number of nitrogens with zero attached hydrogens (tertiary/aromatic N) is 1. The fourth-order valence-electron chi connectivity index (χ4n) is 1.13. The molecular weight excluding hydrogens is 244 g/mol. The largest absolute Gasteiger partial charge is 0.435 e. The number of halogens is 2. The summed E-state index contributed by atoms with van der Waals surface area (Å²) in [5.41, 5.74) is 10.5. The zero-order valence-electron chi connectivity index (χ0n) is 9.22. The lowest BCUT2D eigenvalue weighted by Crippen LogP contribution is -2.23. The van der Waals surface area contributed by atoms with E-state index in [1.807, 2.05) is 0 Å². The number of ether oxygens (including phenoxy) is 1. The molecule has 0 fully saturated rings. The molecule has 1 amide bonds. The molecule has 1 rings (SSSR count). The first-order valence-corrected chi connectivity index (χ1v) is 4.84. The predicted molar refractivity (Wildman–Crippen MR) is 62.9 cm³/mol. The Hall–Kier alpha value is -2.44. The number of alkyl halides is 2. The summed E-state index contributed by atoms with van der Waals surface area (Å²) in [5.74, 6) is -0.990. The molecule has 0 bridgehead atoms. The minimum absolute atomic E-state index is 0.00133. The molecule has 96 valence electrons. The number of aliphatic imine (C=N–C) groups is 1. The Labute approximate surface area is 102 Å². The Balaban J connectivity index is 2.76. The molecule has 0 radical (unpaired) electrons. The van der Waals surface area contributed by atoms with E-state index in [-0.39, 0.29) is 11.7 Å². The average Bonchev–Trinajstić information content (AvgIpc) is 2.25. The molecule has 0 aromatic heterocycles. The van der Waals surface area contributed by atoms with Gasteiger partial charge in [0.15, 0.2) is 5.96 Å². The van der Waals surface area contributed by atoms with Crippen molar-refractivity contribution in [1.82, 2.24) is 0 Å². The van der Waals surface area contributed by atoms with Crippen LogP contribution in [0.4, 0.5) is 8.78 Å². The van der Waals surface area contributed by atoms with Crippen LogP contribution in [0.1, 0.15) is 5.56 Å². The maximum absolute atomic E-state index is 12.0. The number of carbonyl (C=O) groups excluding carboxylic acids is 1.